The van der Waals surface area contributed by atoms with Crippen LogP contribution in [0.2, 0.25) is 0 Å². The fourth-order valence-corrected chi connectivity index (χ4v) is 7.06. The predicted molar refractivity (Wildman–Crippen MR) is 80.5 cm³/mol. The molecule has 7 heteroatoms. The first-order chi connectivity index (χ1) is 11.4. The molecule has 2 aromatic rings. The SMILES string of the molecule is [C-]#[O+].[C-]#[O+].[C-]#[O+].[C-]#[O+].[Mn]#[Si]P(c1ccccc1)c1ccccc1. The van der Waals surface area contributed by atoms with Crippen molar-refractivity contribution >= 4 is 25.2 Å². The van der Waals surface area contributed by atoms with Crippen molar-refractivity contribution in [2.45, 2.75) is 0 Å². The van der Waals surface area contributed by atoms with E-state index in [0.717, 1.165) is 7.11 Å². The van der Waals surface area contributed by atoms with Gasteiger partial charge in [0.2, 0.25) is 0 Å². The van der Waals surface area contributed by atoms with Crippen LogP contribution in [0.15, 0.2) is 60.7 Å². The molecule has 0 bridgehead atoms. The van der Waals surface area contributed by atoms with Crippen LogP contribution < -0.4 is 10.6 Å². The summed E-state index contributed by atoms with van der Waals surface area (Å²) < 4.78 is 30.0. The Kier molecular flexibility index (Phi) is 26.3. The van der Waals surface area contributed by atoms with E-state index in [2.05, 4.69) is 102 Å². The average molecular weight is 380 g/mol. The molecular formula is C16H10MnO4PSi. The van der Waals surface area contributed by atoms with Crippen LogP contribution in [-0.4, -0.2) is 7.11 Å². The van der Waals surface area contributed by atoms with Crippen LogP contribution in [0, 0.1) is 26.6 Å². The van der Waals surface area contributed by atoms with Crippen molar-refractivity contribution in [3.63, 3.8) is 0 Å². The second kappa shape index (κ2) is 22.8. The molecule has 2 aromatic carbocycles. The third kappa shape index (κ3) is 11.7. The van der Waals surface area contributed by atoms with E-state index in [1.54, 1.807) is 0 Å². The van der Waals surface area contributed by atoms with Crippen molar-refractivity contribution in [2.24, 2.45) is 0 Å². The minimum atomic E-state index is -0.204. The molecule has 0 aromatic heterocycles. The van der Waals surface area contributed by atoms with E-state index in [1.807, 2.05) is 0 Å². The monoisotopic (exact) mass is 380 g/mol. The summed E-state index contributed by atoms with van der Waals surface area (Å²) in [4.78, 5) is 0. The third-order valence-corrected chi connectivity index (χ3v) is 8.34. The van der Waals surface area contributed by atoms with E-state index in [0.29, 0.717) is 0 Å². The van der Waals surface area contributed by atoms with Gasteiger partial charge in [-0.3, -0.25) is 0 Å². The standard InChI is InChI=1S/C12H10PSi.4CO.Mn/c14-13(11-7-3-1-4-8-11)12-9-5-2-6-10-12;4*1-2;/h1-10H;;;;;. The van der Waals surface area contributed by atoms with Gasteiger partial charge in [-0.1, -0.05) is 0 Å². The fourth-order valence-electron chi connectivity index (χ4n) is 1.40. The normalized spacial score (nSPS) is 6.83. The Labute approximate surface area is 145 Å². The van der Waals surface area contributed by atoms with Crippen LogP contribution >= 0.6 is 7.47 Å². The molecule has 4 nitrogen and oxygen atoms in total. The molecule has 114 valence electrons. The first-order valence-corrected chi connectivity index (χ1v) is 10.3. The molecule has 0 amide bonds. The number of rotatable bonds is 2. The first-order valence-electron chi connectivity index (χ1n) is 5.50. The molecule has 0 aliphatic carbocycles. The van der Waals surface area contributed by atoms with E-state index < -0.39 is 0 Å². The van der Waals surface area contributed by atoms with Crippen molar-refractivity contribution in [1.82, 2.24) is 0 Å². The van der Waals surface area contributed by atoms with Gasteiger partial charge in [-0.15, -0.1) is 0 Å². The Morgan fingerprint density at radius 1 is 0.609 bits per heavy atom. The average Bonchev–Trinajstić information content (AvgIpc) is 2.70. The van der Waals surface area contributed by atoms with Crippen LogP contribution in [-0.2, 0) is 33.3 Å². The molecule has 0 radical (unpaired) electrons. The van der Waals surface area contributed by atoms with E-state index in [-0.39, 0.29) is 7.47 Å². The summed E-state index contributed by atoms with van der Waals surface area (Å²) in [5, 5.41) is 2.88. The summed E-state index contributed by atoms with van der Waals surface area (Å²) in [5.74, 6) is 0. The van der Waals surface area contributed by atoms with Gasteiger partial charge in [-0.2, -0.15) is 0 Å². The quantitative estimate of drug-likeness (QED) is 0.331. The number of hydrogen-bond donors (Lipinski definition) is 0. The van der Waals surface area contributed by atoms with Crippen molar-refractivity contribution in [2.75, 3.05) is 0 Å². The van der Waals surface area contributed by atoms with Crippen LogP contribution in [0.1, 0.15) is 0 Å². The Morgan fingerprint density at radius 3 is 1.09 bits per heavy atom. The molecule has 0 aliphatic rings. The topological polar surface area (TPSA) is 79.6 Å². The first kappa shape index (κ1) is 26.5. The summed E-state index contributed by atoms with van der Waals surface area (Å²) in [6.07, 6.45) is 0. The fraction of sp³-hybridized carbons (Fsp3) is 0. The Bertz CT molecular complexity index is 570. The zero-order valence-electron chi connectivity index (χ0n) is 11.7. The van der Waals surface area contributed by atoms with Gasteiger partial charge in [-0.25, -0.2) is 0 Å². The molecule has 0 unspecified atom stereocenters. The van der Waals surface area contributed by atoms with Gasteiger partial charge >= 0.3 is 146 Å². The second-order valence-electron chi connectivity index (χ2n) is 3.09. The molecule has 0 atom stereocenters. The zero-order chi connectivity index (χ0) is 18.5. The minimum absolute atomic E-state index is 0.204. The van der Waals surface area contributed by atoms with Gasteiger partial charge < -0.3 is 0 Å². The summed E-state index contributed by atoms with van der Waals surface area (Å²) in [7, 11) is 0.577. The van der Waals surface area contributed by atoms with Gasteiger partial charge in [0.05, 0.1) is 0 Å². The van der Waals surface area contributed by atoms with E-state index in [9.17, 15) is 0 Å². The Hall–Kier alpha value is -1.43. The molecule has 0 aliphatic heterocycles. The number of hydrogen-bond acceptors (Lipinski definition) is 0. The molecule has 0 spiro atoms. The van der Waals surface area contributed by atoms with Gasteiger partial charge in [-0.05, 0) is 0 Å². The third-order valence-electron chi connectivity index (χ3n) is 2.11. The molecule has 0 saturated heterocycles. The maximum absolute atomic E-state index is 7.50. The molecule has 0 heterocycles. The molecular weight excluding hydrogens is 370 g/mol. The maximum atomic E-state index is 7.50. The summed E-state index contributed by atoms with van der Waals surface area (Å²) in [6.45, 7) is 18.0. The van der Waals surface area contributed by atoms with Crippen LogP contribution in [0.5, 0.6) is 0 Å². The van der Waals surface area contributed by atoms with Gasteiger partial charge in [0, 0.05) is 0 Å². The Morgan fingerprint density at radius 2 is 0.870 bits per heavy atom. The molecule has 0 saturated carbocycles. The van der Waals surface area contributed by atoms with Crippen molar-refractivity contribution in [3.8, 4) is 0 Å². The number of benzene rings is 2. The van der Waals surface area contributed by atoms with Crippen LogP contribution in [0.3, 0.4) is 0 Å². The summed E-state index contributed by atoms with van der Waals surface area (Å²) >= 11 is 3.65. The van der Waals surface area contributed by atoms with Crippen molar-refractivity contribution in [3.05, 3.63) is 87.3 Å². The van der Waals surface area contributed by atoms with E-state index >= 15 is 0 Å². The Balaban J connectivity index is -0.000000438. The molecule has 23 heavy (non-hydrogen) atoms. The van der Waals surface area contributed by atoms with Gasteiger partial charge in [0.25, 0.3) is 0 Å². The predicted octanol–water partition coefficient (Wildman–Crippen LogP) is 2.05. The summed E-state index contributed by atoms with van der Waals surface area (Å²) in [6, 6.07) is 21.4. The van der Waals surface area contributed by atoms with E-state index in [4.69, 9.17) is 18.6 Å². The van der Waals surface area contributed by atoms with Crippen LogP contribution in [0.25, 0.3) is 0 Å². The second-order valence-corrected chi connectivity index (χ2v) is 9.19. The van der Waals surface area contributed by atoms with Gasteiger partial charge in [0.15, 0.2) is 0 Å². The summed E-state index contributed by atoms with van der Waals surface area (Å²) in [5.41, 5.74) is 0. The van der Waals surface area contributed by atoms with Crippen molar-refractivity contribution < 1.29 is 33.3 Å². The van der Waals surface area contributed by atoms with Gasteiger partial charge in [0.1, 0.15) is 0 Å². The van der Waals surface area contributed by atoms with E-state index in [1.165, 1.54) is 10.6 Å². The van der Waals surface area contributed by atoms with Crippen molar-refractivity contribution in [1.29, 1.82) is 0 Å². The zero-order valence-corrected chi connectivity index (χ0v) is 14.8. The molecule has 2 rings (SSSR count). The molecule has 0 N–H and O–H groups in total. The van der Waals surface area contributed by atoms with Crippen LogP contribution in [0.4, 0.5) is 0 Å². The molecule has 0 fully saturated rings.